The smallest absolute Gasteiger partial charge is 0.134 e. The van der Waals surface area contributed by atoms with Gasteiger partial charge in [0.2, 0.25) is 0 Å². The molecule has 2 heterocycles. The Bertz CT molecular complexity index is 530. The molecule has 0 aromatic carbocycles. The van der Waals surface area contributed by atoms with Crippen LogP contribution in [0.4, 0.5) is 5.82 Å². The molecular formula is C12H13BrClN3S. The molecule has 0 aliphatic heterocycles. The molecule has 0 radical (unpaired) electrons. The Kier molecular flexibility index (Phi) is 4.97. The molecule has 6 heteroatoms. The van der Waals surface area contributed by atoms with Crippen LogP contribution in [0.5, 0.6) is 0 Å². The van der Waals surface area contributed by atoms with Gasteiger partial charge in [0, 0.05) is 27.2 Å². The van der Waals surface area contributed by atoms with E-state index in [1.807, 2.05) is 0 Å². The van der Waals surface area contributed by atoms with E-state index in [0.29, 0.717) is 5.15 Å². The van der Waals surface area contributed by atoms with Crippen LogP contribution in [-0.4, -0.2) is 9.97 Å². The largest absolute Gasteiger partial charge is 0.365 e. The number of aromatic nitrogens is 2. The molecule has 0 bridgehead atoms. The fourth-order valence-electron chi connectivity index (χ4n) is 1.51. The van der Waals surface area contributed by atoms with Gasteiger partial charge in [-0.25, -0.2) is 9.97 Å². The number of thiophene rings is 1. The zero-order valence-corrected chi connectivity index (χ0v) is 13.1. The molecule has 18 heavy (non-hydrogen) atoms. The molecular weight excluding hydrogens is 334 g/mol. The third kappa shape index (κ3) is 3.93. The number of hydrogen-bond acceptors (Lipinski definition) is 4. The van der Waals surface area contributed by atoms with Gasteiger partial charge in [-0.3, -0.25) is 0 Å². The Morgan fingerprint density at radius 3 is 2.89 bits per heavy atom. The highest BCUT2D eigenvalue weighted by atomic mass is 79.9. The number of nitrogens with one attached hydrogen (secondary N) is 1. The van der Waals surface area contributed by atoms with Crippen LogP contribution in [0, 0.1) is 0 Å². The third-order valence-electron chi connectivity index (χ3n) is 2.28. The second-order valence-electron chi connectivity index (χ2n) is 3.83. The first-order valence-corrected chi connectivity index (χ1v) is 7.72. The van der Waals surface area contributed by atoms with E-state index < -0.39 is 0 Å². The topological polar surface area (TPSA) is 37.8 Å². The number of rotatable bonds is 5. The third-order valence-corrected chi connectivity index (χ3v) is 4.17. The van der Waals surface area contributed by atoms with Gasteiger partial charge in [0.1, 0.15) is 16.8 Å². The average molecular weight is 347 g/mol. The highest BCUT2D eigenvalue weighted by Crippen LogP contribution is 2.21. The Morgan fingerprint density at radius 2 is 2.22 bits per heavy atom. The van der Waals surface area contributed by atoms with Gasteiger partial charge in [-0.15, -0.1) is 11.3 Å². The van der Waals surface area contributed by atoms with Gasteiger partial charge < -0.3 is 5.32 Å². The summed E-state index contributed by atoms with van der Waals surface area (Å²) >= 11 is 11.1. The summed E-state index contributed by atoms with van der Waals surface area (Å²) in [6.45, 7) is 2.84. The lowest BCUT2D eigenvalue weighted by molar-refractivity contribution is 0.834. The van der Waals surface area contributed by atoms with E-state index in [4.69, 9.17) is 11.6 Å². The maximum absolute atomic E-state index is 5.98. The van der Waals surface area contributed by atoms with Crippen LogP contribution in [-0.2, 0) is 13.0 Å². The minimum absolute atomic E-state index is 0.489. The van der Waals surface area contributed by atoms with E-state index in [1.165, 1.54) is 4.88 Å². The molecule has 0 amide bonds. The summed E-state index contributed by atoms with van der Waals surface area (Å²) in [6.07, 6.45) is 1.86. The molecule has 0 saturated carbocycles. The van der Waals surface area contributed by atoms with Gasteiger partial charge in [-0.1, -0.05) is 18.5 Å². The first-order valence-electron chi connectivity index (χ1n) is 5.67. The summed E-state index contributed by atoms with van der Waals surface area (Å²) in [6, 6.07) is 3.84. The Balaban J connectivity index is 2.04. The zero-order chi connectivity index (χ0) is 13.0. The van der Waals surface area contributed by atoms with E-state index in [9.17, 15) is 0 Å². The van der Waals surface area contributed by atoms with Crippen LogP contribution in [0.3, 0.4) is 0 Å². The molecule has 0 unspecified atom stereocenters. The molecule has 0 fully saturated rings. The van der Waals surface area contributed by atoms with E-state index in [-0.39, 0.29) is 0 Å². The van der Waals surface area contributed by atoms with Gasteiger partial charge in [-0.2, -0.15) is 0 Å². The lowest BCUT2D eigenvalue weighted by Crippen LogP contribution is -2.03. The summed E-state index contributed by atoms with van der Waals surface area (Å²) < 4.78 is 1.11. The predicted molar refractivity (Wildman–Crippen MR) is 80.4 cm³/mol. The van der Waals surface area contributed by atoms with E-state index in [0.717, 1.165) is 35.5 Å². The van der Waals surface area contributed by atoms with E-state index in [1.54, 1.807) is 17.4 Å². The second-order valence-corrected chi connectivity index (χ2v) is 6.13. The van der Waals surface area contributed by atoms with Crippen LogP contribution in [0.2, 0.25) is 5.15 Å². The number of hydrogen-bond donors (Lipinski definition) is 1. The summed E-state index contributed by atoms with van der Waals surface area (Å²) in [7, 11) is 0. The van der Waals surface area contributed by atoms with Crippen molar-refractivity contribution in [1.29, 1.82) is 0 Å². The van der Waals surface area contributed by atoms with Crippen molar-refractivity contribution in [2.75, 3.05) is 5.32 Å². The Morgan fingerprint density at radius 1 is 1.39 bits per heavy atom. The minimum atomic E-state index is 0.489. The number of halogens is 2. The van der Waals surface area contributed by atoms with Crippen LogP contribution >= 0.6 is 38.9 Å². The second kappa shape index (κ2) is 6.50. The zero-order valence-electron chi connectivity index (χ0n) is 9.91. The quantitative estimate of drug-likeness (QED) is 0.809. The van der Waals surface area contributed by atoms with Crippen molar-refractivity contribution in [2.24, 2.45) is 0 Å². The van der Waals surface area contributed by atoms with Crippen LogP contribution in [0.15, 0.2) is 22.0 Å². The molecule has 3 nitrogen and oxygen atoms in total. The monoisotopic (exact) mass is 345 g/mol. The summed E-state index contributed by atoms with van der Waals surface area (Å²) in [5, 5.41) is 5.82. The van der Waals surface area contributed by atoms with Gasteiger partial charge in [0.15, 0.2) is 0 Å². The van der Waals surface area contributed by atoms with Crippen LogP contribution in [0.1, 0.15) is 24.0 Å². The lowest BCUT2D eigenvalue weighted by atomic mass is 10.3. The fourth-order valence-corrected chi connectivity index (χ4v) is 3.11. The van der Waals surface area contributed by atoms with E-state index >= 15 is 0 Å². The molecule has 0 atom stereocenters. The predicted octanol–water partition coefficient (Wildman–Crippen LogP) is 4.52. The lowest BCUT2D eigenvalue weighted by Gasteiger charge is -2.06. The first-order chi connectivity index (χ1) is 8.67. The maximum Gasteiger partial charge on any atom is 0.134 e. The molecule has 2 aromatic heterocycles. The van der Waals surface area contributed by atoms with Crippen molar-refractivity contribution >= 4 is 44.7 Å². The Hall–Kier alpha value is -0.650. The number of aryl methyl sites for hydroxylation is 1. The molecule has 1 N–H and O–H groups in total. The number of anilines is 1. The van der Waals surface area contributed by atoms with Crippen LogP contribution in [0.25, 0.3) is 0 Å². The standard InChI is InChI=1S/C12H13BrClN3S/c1-2-3-11-16-10(14)5-12(17-11)15-6-9-4-8(13)7-18-9/h4-5,7H,2-3,6H2,1H3,(H,15,16,17). The van der Waals surface area contributed by atoms with E-state index in [2.05, 4.69) is 49.6 Å². The molecule has 2 rings (SSSR count). The van der Waals surface area contributed by atoms with Gasteiger partial charge in [0.25, 0.3) is 0 Å². The van der Waals surface area contributed by atoms with Crippen LogP contribution < -0.4 is 5.32 Å². The van der Waals surface area contributed by atoms with Gasteiger partial charge in [0.05, 0.1) is 6.54 Å². The van der Waals surface area contributed by atoms with Crippen molar-refractivity contribution in [2.45, 2.75) is 26.3 Å². The highest BCUT2D eigenvalue weighted by Gasteiger charge is 2.03. The molecule has 0 spiro atoms. The molecule has 0 saturated heterocycles. The molecule has 2 aromatic rings. The van der Waals surface area contributed by atoms with Crippen molar-refractivity contribution in [1.82, 2.24) is 9.97 Å². The number of nitrogens with zero attached hydrogens (tertiary/aromatic N) is 2. The average Bonchev–Trinajstić information content (AvgIpc) is 2.72. The van der Waals surface area contributed by atoms with Crippen molar-refractivity contribution in [3.8, 4) is 0 Å². The van der Waals surface area contributed by atoms with Crippen molar-refractivity contribution in [3.05, 3.63) is 37.8 Å². The Labute approximate surface area is 124 Å². The van der Waals surface area contributed by atoms with Gasteiger partial charge in [-0.05, 0) is 28.4 Å². The SMILES string of the molecule is CCCc1nc(Cl)cc(NCc2cc(Br)cs2)n1. The summed E-state index contributed by atoms with van der Waals surface area (Å²) in [5.41, 5.74) is 0. The van der Waals surface area contributed by atoms with Crippen molar-refractivity contribution in [3.63, 3.8) is 0 Å². The molecule has 0 aliphatic carbocycles. The maximum atomic E-state index is 5.98. The first kappa shape index (κ1) is 13.8. The molecule has 0 aliphatic rings. The van der Waals surface area contributed by atoms with Crippen molar-refractivity contribution < 1.29 is 0 Å². The highest BCUT2D eigenvalue weighted by molar-refractivity contribution is 9.10. The minimum Gasteiger partial charge on any atom is -0.365 e. The van der Waals surface area contributed by atoms with Gasteiger partial charge >= 0.3 is 0 Å². The molecule has 96 valence electrons. The fraction of sp³-hybridized carbons (Fsp3) is 0.333. The summed E-state index contributed by atoms with van der Waals surface area (Å²) in [4.78, 5) is 9.87. The normalized spacial score (nSPS) is 10.6. The summed E-state index contributed by atoms with van der Waals surface area (Å²) in [5.74, 6) is 1.57.